The molecule has 1 amide bonds. The third-order valence-electron chi connectivity index (χ3n) is 4.58. The minimum Gasteiger partial charge on any atom is -0.349 e. The van der Waals surface area contributed by atoms with Crippen LogP contribution in [0.25, 0.3) is 0 Å². The van der Waals surface area contributed by atoms with E-state index in [1.165, 1.54) is 32.1 Å². The molecule has 0 aliphatic heterocycles. The molecule has 0 aromatic carbocycles. The van der Waals surface area contributed by atoms with E-state index in [1.807, 2.05) is 0 Å². The molecule has 3 heteroatoms. The highest BCUT2D eigenvalue weighted by Crippen LogP contribution is 2.24. The van der Waals surface area contributed by atoms with Crippen LogP contribution < -0.4 is 11.1 Å². The Morgan fingerprint density at radius 1 is 1.22 bits per heavy atom. The van der Waals surface area contributed by atoms with Crippen LogP contribution in [0.3, 0.4) is 0 Å². The van der Waals surface area contributed by atoms with Crippen LogP contribution in [-0.2, 0) is 4.79 Å². The van der Waals surface area contributed by atoms with Gasteiger partial charge in [0.15, 0.2) is 0 Å². The fraction of sp³-hybridized carbons (Fsp3) is 0.933. The van der Waals surface area contributed by atoms with Gasteiger partial charge in [0.25, 0.3) is 0 Å². The Labute approximate surface area is 112 Å². The molecule has 0 aromatic rings. The summed E-state index contributed by atoms with van der Waals surface area (Å²) < 4.78 is 0. The van der Waals surface area contributed by atoms with Gasteiger partial charge in [-0.2, -0.15) is 0 Å². The van der Waals surface area contributed by atoms with Crippen LogP contribution in [-0.4, -0.2) is 18.0 Å². The first-order chi connectivity index (χ1) is 8.49. The first kappa shape index (κ1) is 15.5. The third kappa shape index (κ3) is 4.27. The van der Waals surface area contributed by atoms with Crippen molar-refractivity contribution in [2.45, 2.75) is 71.3 Å². The topological polar surface area (TPSA) is 55.1 Å². The summed E-state index contributed by atoms with van der Waals surface area (Å²) in [7, 11) is 0. The Morgan fingerprint density at radius 3 is 2.17 bits per heavy atom. The van der Waals surface area contributed by atoms with Crippen molar-refractivity contribution in [3.05, 3.63) is 0 Å². The molecule has 1 rings (SSSR count). The number of hydrogen-bond acceptors (Lipinski definition) is 2. The van der Waals surface area contributed by atoms with E-state index in [-0.39, 0.29) is 17.4 Å². The Morgan fingerprint density at radius 2 is 1.72 bits per heavy atom. The average Bonchev–Trinajstić information content (AvgIpc) is 2.27. The third-order valence-corrected chi connectivity index (χ3v) is 4.58. The zero-order valence-electron chi connectivity index (χ0n) is 12.3. The van der Waals surface area contributed by atoms with Crippen LogP contribution in [0, 0.1) is 11.8 Å². The van der Waals surface area contributed by atoms with Crippen LogP contribution in [0.5, 0.6) is 0 Å². The second-order valence-corrected chi connectivity index (χ2v) is 6.31. The van der Waals surface area contributed by atoms with Crippen molar-refractivity contribution in [2.24, 2.45) is 17.6 Å². The maximum Gasteiger partial charge on any atom is 0.223 e. The average molecular weight is 254 g/mol. The van der Waals surface area contributed by atoms with Gasteiger partial charge in [0.05, 0.1) is 5.54 Å². The van der Waals surface area contributed by atoms with E-state index in [9.17, 15) is 4.79 Å². The Hall–Kier alpha value is -0.570. The molecule has 3 N–H and O–H groups in total. The molecule has 1 unspecified atom stereocenters. The number of hydrogen-bond donors (Lipinski definition) is 2. The molecule has 1 saturated carbocycles. The first-order valence-electron chi connectivity index (χ1n) is 7.51. The van der Waals surface area contributed by atoms with Crippen molar-refractivity contribution in [1.82, 2.24) is 5.32 Å². The summed E-state index contributed by atoms with van der Waals surface area (Å²) in [5, 5.41) is 3.20. The van der Waals surface area contributed by atoms with Crippen molar-refractivity contribution in [3.63, 3.8) is 0 Å². The number of amides is 1. The van der Waals surface area contributed by atoms with Gasteiger partial charge in [-0.25, -0.2) is 0 Å². The molecule has 1 fully saturated rings. The van der Waals surface area contributed by atoms with E-state index in [1.54, 1.807) is 0 Å². The molecule has 0 spiro atoms. The van der Waals surface area contributed by atoms with Crippen molar-refractivity contribution < 1.29 is 4.79 Å². The predicted octanol–water partition coefficient (Wildman–Crippen LogP) is 2.84. The molecule has 1 atom stereocenters. The Bertz CT molecular complexity index is 257. The molecule has 106 valence electrons. The Balaban J connectivity index is 2.56. The van der Waals surface area contributed by atoms with Crippen LogP contribution >= 0.6 is 0 Å². The molecule has 0 bridgehead atoms. The molecule has 0 heterocycles. The lowest BCUT2D eigenvalue weighted by Crippen LogP contribution is -2.56. The Kier molecular flexibility index (Phi) is 6.13. The van der Waals surface area contributed by atoms with E-state index in [4.69, 9.17) is 5.73 Å². The van der Waals surface area contributed by atoms with E-state index < -0.39 is 0 Å². The standard InChI is InChI=1S/C15H30N2O/c1-12(2)15(3,11-16)17-14(18)13-9-7-5-4-6-8-10-13/h12-13H,4-11,16H2,1-3H3,(H,17,18). The van der Waals surface area contributed by atoms with E-state index in [0.717, 1.165) is 12.8 Å². The summed E-state index contributed by atoms with van der Waals surface area (Å²) >= 11 is 0. The fourth-order valence-electron chi connectivity index (χ4n) is 2.53. The quantitative estimate of drug-likeness (QED) is 0.810. The molecule has 18 heavy (non-hydrogen) atoms. The largest absolute Gasteiger partial charge is 0.349 e. The molecule has 0 aromatic heterocycles. The highest BCUT2D eigenvalue weighted by atomic mass is 16.2. The lowest BCUT2D eigenvalue weighted by atomic mass is 9.85. The van der Waals surface area contributed by atoms with Gasteiger partial charge in [-0.15, -0.1) is 0 Å². The summed E-state index contributed by atoms with van der Waals surface area (Å²) in [6.45, 7) is 6.79. The summed E-state index contributed by atoms with van der Waals surface area (Å²) in [5.41, 5.74) is 5.56. The fourth-order valence-corrected chi connectivity index (χ4v) is 2.53. The lowest BCUT2D eigenvalue weighted by Gasteiger charge is -2.35. The monoisotopic (exact) mass is 254 g/mol. The van der Waals surface area contributed by atoms with Crippen molar-refractivity contribution in [1.29, 1.82) is 0 Å². The molecular formula is C15H30N2O. The van der Waals surface area contributed by atoms with E-state index in [2.05, 4.69) is 26.1 Å². The molecule has 1 aliphatic rings. The van der Waals surface area contributed by atoms with Crippen molar-refractivity contribution in [2.75, 3.05) is 6.54 Å². The van der Waals surface area contributed by atoms with E-state index in [0.29, 0.717) is 12.5 Å². The molecule has 3 nitrogen and oxygen atoms in total. The second-order valence-electron chi connectivity index (χ2n) is 6.31. The van der Waals surface area contributed by atoms with Gasteiger partial charge in [-0.05, 0) is 25.7 Å². The molecule has 0 radical (unpaired) electrons. The van der Waals surface area contributed by atoms with Crippen LogP contribution in [0.1, 0.15) is 65.7 Å². The molecule has 1 aliphatic carbocycles. The maximum absolute atomic E-state index is 12.4. The zero-order chi connectivity index (χ0) is 13.6. The summed E-state index contributed by atoms with van der Waals surface area (Å²) in [5.74, 6) is 0.786. The van der Waals surface area contributed by atoms with Crippen LogP contribution in [0.15, 0.2) is 0 Å². The minimum atomic E-state index is -0.264. The van der Waals surface area contributed by atoms with Crippen molar-refractivity contribution >= 4 is 5.91 Å². The number of carbonyl (C=O) groups is 1. The summed E-state index contributed by atoms with van der Waals surface area (Å²) in [4.78, 5) is 12.4. The number of nitrogens with two attached hydrogens (primary N) is 1. The minimum absolute atomic E-state index is 0.204. The van der Waals surface area contributed by atoms with Gasteiger partial charge in [-0.1, -0.05) is 46.0 Å². The first-order valence-corrected chi connectivity index (χ1v) is 7.51. The van der Waals surface area contributed by atoms with Crippen molar-refractivity contribution in [3.8, 4) is 0 Å². The zero-order valence-corrected chi connectivity index (χ0v) is 12.3. The SMILES string of the molecule is CC(C)C(C)(CN)NC(=O)C1CCCCCCC1. The van der Waals surface area contributed by atoms with E-state index >= 15 is 0 Å². The highest BCUT2D eigenvalue weighted by Gasteiger charge is 2.31. The summed E-state index contributed by atoms with van der Waals surface area (Å²) in [6, 6.07) is 0. The van der Waals surface area contributed by atoms with Gasteiger partial charge in [-0.3, -0.25) is 4.79 Å². The molecule has 0 saturated heterocycles. The van der Waals surface area contributed by atoms with Gasteiger partial charge in [0.2, 0.25) is 5.91 Å². The normalized spacial score (nSPS) is 22.1. The number of nitrogens with one attached hydrogen (secondary N) is 1. The van der Waals surface area contributed by atoms with Gasteiger partial charge < -0.3 is 11.1 Å². The smallest absolute Gasteiger partial charge is 0.223 e. The second kappa shape index (κ2) is 7.13. The highest BCUT2D eigenvalue weighted by molar-refractivity contribution is 5.79. The maximum atomic E-state index is 12.4. The number of carbonyl (C=O) groups excluding carboxylic acids is 1. The van der Waals surface area contributed by atoms with Gasteiger partial charge >= 0.3 is 0 Å². The predicted molar refractivity (Wildman–Crippen MR) is 76.2 cm³/mol. The van der Waals surface area contributed by atoms with Gasteiger partial charge in [0, 0.05) is 12.5 Å². The number of rotatable bonds is 4. The summed E-state index contributed by atoms with van der Waals surface area (Å²) in [6.07, 6.45) is 8.37. The molecular weight excluding hydrogens is 224 g/mol. The lowest BCUT2D eigenvalue weighted by molar-refractivity contribution is -0.127. The van der Waals surface area contributed by atoms with Crippen LogP contribution in [0.2, 0.25) is 0 Å². The van der Waals surface area contributed by atoms with Gasteiger partial charge in [0.1, 0.15) is 0 Å². The van der Waals surface area contributed by atoms with Crippen LogP contribution in [0.4, 0.5) is 0 Å².